The number of allylic oxidation sites excluding steroid dienone is 1. The van der Waals surface area contributed by atoms with Crippen LogP contribution in [0.3, 0.4) is 0 Å². The van der Waals surface area contributed by atoms with E-state index in [-0.39, 0.29) is 0 Å². The highest BCUT2D eigenvalue weighted by Crippen LogP contribution is 2.11. The number of benzene rings is 2. The third-order valence-electron chi connectivity index (χ3n) is 2.80. The molecule has 0 bridgehead atoms. The predicted octanol–water partition coefficient (Wildman–Crippen LogP) is 3.97. The Morgan fingerprint density at radius 1 is 0.895 bits per heavy atom. The van der Waals surface area contributed by atoms with Crippen molar-refractivity contribution >= 4 is 0 Å². The van der Waals surface area contributed by atoms with Crippen LogP contribution in [-0.4, -0.2) is 7.11 Å². The minimum atomic E-state index is 0.611. The van der Waals surface area contributed by atoms with Crippen molar-refractivity contribution in [2.75, 3.05) is 7.11 Å². The summed E-state index contributed by atoms with van der Waals surface area (Å²) in [7, 11) is 1.67. The first-order valence-electron chi connectivity index (χ1n) is 6.32. The van der Waals surface area contributed by atoms with Crippen molar-refractivity contribution in [2.45, 2.75) is 13.0 Å². The molecule has 2 aromatic rings. The number of hydrogen-bond donors (Lipinski definition) is 0. The molecular formula is C17H18O2. The molecule has 0 aliphatic rings. The van der Waals surface area contributed by atoms with Gasteiger partial charge < -0.3 is 9.47 Å². The first kappa shape index (κ1) is 13.2. The Balaban J connectivity index is 1.74. The van der Waals surface area contributed by atoms with Gasteiger partial charge in [0.05, 0.1) is 13.4 Å². The van der Waals surface area contributed by atoms with Crippen molar-refractivity contribution in [3.63, 3.8) is 0 Å². The summed E-state index contributed by atoms with van der Waals surface area (Å²) < 4.78 is 10.6. The zero-order valence-corrected chi connectivity index (χ0v) is 11.1. The van der Waals surface area contributed by atoms with Gasteiger partial charge in [0.1, 0.15) is 12.4 Å². The fourth-order valence-corrected chi connectivity index (χ4v) is 1.73. The topological polar surface area (TPSA) is 18.5 Å². The van der Waals surface area contributed by atoms with Crippen LogP contribution >= 0.6 is 0 Å². The van der Waals surface area contributed by atoms with E-state index in [9.17, 15) is 0 Å². The standard InChI is InChI=1S/C17H18O2/c1-18-17-11-9-15(10-12-17)8-5-13-19-14-16-6-3-2-4-7-16/h2-7,9-13H,8,14H2,1H3/b13-5+. The molecule has 0 heterocycles. The molecule has 0 spiro atoms. The third kappa shape index (κ3) is 4.51. The molecule has 0 unspecified atom stereocenters. The summed E-state index contributed by atoms with van der Waals surface area (Å²) in [5.41, 5.74) is 2.41. The minimum Gasteiger partial charge on any atom is -0.497 e. The van der Waals surface area contributed by atoms with Gasteiger partial charge in [0, 0.05) is 0 Å². The number of rotatable bonds is 6. The lowest BCUT2D eigenvalue weighted by Crippen LogP contribution is -1.87. The normalized spacial score (nSPS) is 10.6. The molecule has 2 heteroatoms. The summed E-state index contributed by atoms with van der Waals surface area (Å²) in [4.78, 5) is 0. The maximum absolute atomic E-state index is 5.48. The molecule has 0 aromatic heterocycles. The third-order valence-corrected chi connectivity index (χ3v) is 2.80. The van der Waals surface area contributed by atoms with E-state index in [0.29, 0.717) is 6.61 Å². The molecule has 2 rings (SSSR count). The molecule has 0 fully saturated rings. The molecule has 0 saturated heterocycles. The van der Waals surface area contributed by atoms with E-state index in [4.69, 9.17) is 9.47 Å². The average molecular weight is 254 g/mol. The van der Waals surface area contributed by atoms with Crippen LogP contribution in [0.15, 0.2) is 66.9 Å². The van der Waals surface area contributed by atoms with Crippen LogP contribution in [0.5, 0.6) is 5.75 Å². The summed E-state index contributed by atoms with van der Waals surface area (Å²) in [6.45, 7) is 0.611. The van der Waals surface area contributed by atoms with Gasteiger partial charge in [-0.3, -0.25) is 0 Å². The fourth-order valence-electron chi connectivity index (χ4n) is 1.73. The Hall–Kier alpha value is -2.22. The van der Waals surface area contributed by atoms with Gasteiger partial charge in [0.15, 0.2) is 0 Å². The second kappa shape index (κ2) is 7.27. The van der Waals surface area contributed by atoms with E-state index in [0.717, 1.165) is 12.2 Å². The van der Waals surface area contributed by atoms with Crippen molar-refractivity contribution in [3.8, 4) is 5.75 Å². The highest BCUT2D eigenvalue weighted by Gasteiger charge is 1.92. The number of ether oxygens (including phenoxy) is 2. The predicted molar refractivity (Wildman–Crippen MR) is 77.1 cm³/mol. The Morgan fingerprint density at radius 2 is 1.63 bits per heavy atom. The van der Waals surface area contributed by atoms with Gasteiger partial charge in [0.25, 0.3) is 0 Å². The minimum absolute atomic E-state index is 0.611. The number of hydrogen-bond acceptors (Lipinski definition) is 2. The van der Waals surface area contributed by atoms with Gasteiger partial charge in [0.2, 0.25) is 0 Å². The lowest BCUT2D eigenvalue weighted by molar-refractivity contribution is 0.235. The van der Waals surface area contributed by atoms with Gasteiger partial charge in [-0.25, -0.2) is 0 Å². The smallest absolute Gasteiger partial charge is 0.118 e. The molecule has 2 aromatic carbocycles. The molecule has 0 aliphatic carbocycles. The van der Waals surface area contributed by atoms with Crippen LogP contribution in [-0.2, 0) is 17.8 Å². The molecule has 2 nitrogen and oxygen atoms in total. The van der Waals surface area contributed by atoms with Gasteiger partial charge in [-0.1, -0.05) is 42.5 Å². The largest absolute Gasteiger partial charge is 0.497 e. The average Bonchev–Trinajstić information content (AvgIpc) is 2.49. The van der Waals surface area contributed by atoms with Gasteiger partial charge in [-0.05, 0) is 35.8 Å². The van der Waals surface area contributed by atoms with E-state index in [1.165, 1.54) is 11.1 Å². The lowest BCUT2D eigenvalue weighted by Gasteiger charge is -2.02. The summed E-state index contributed by atoms with van der Waals surface area (Å²) >= 11 is 0. The summed E-state index contributed by atoms with van der Waals surface area (Å²) in [6, 6.07) is 18.2. The van der Waals surface area contributed by atoms with Crippen LogP contribution in [0.4, 0.5) is 0 Å². The molecule has 0 atom stereocenters. The zero-order valence-electron chi connectivity index (χ0n) is 11.1. The summed E-state index contributed by atoms with van der Waals surface area (Å²) in [5.74, 6) is 0.882. The molecular weight excluding hydrogens is 236 g/mol. The lowest BCUT2D eigenvalue weighted by atomic mass is 10.1. The van der Waals surface area contributed by atoms with Gasteiger partial charge in [-0.15, -0.1) is 0 Å². The Morgan fingerprint density at radius 3 is 2.32 bits per heavy atom. The Labute approximate surface area is 114 Å². The summed E-state index contributed by atoms with van der Waals surface area (Å²) in [5, 5.41) is 0. The van der Waals surface area contributed by atoms with E-state index in [1.54, 1.807) is 13.4 Å². The first-order chi connectivity index (χ1) is 9.38. The van der Waals surface area contributed by atoms with Crippen molar-refractivity contribution in [3.05, 3.63) is 78.1 Å². The van der Waals surface area contributed by atoms with Crippen molar-refractivity contribution in [1.29, 1.82) is 0 Å². The Bertz CT molecular complexity index is 501. The highest BCUT2D eigenvalue weighted by molar-refractivity contribution is 5.28. The van der Waals surface area contributed by atoms with Crippen LogP contribution < -0.4 is 4.74 Å². The van der Waals surface area contributed by atoms with E-state index >= 15 is 0 Å². The fraction of sp³-hybridized carbons (Fsp3) is 0.176. The van der Waals surface area contributed by atoms with Gasteiger partial charge >= 0.3 is 0 Å². The van der Waals surface area contributed by atoms with Crippen molar-refractivity contribution < 1.29 is 9.47 Å². The molecule has 0 saturated carbocycles. The van der Waals surface area contributed by atoms with Crippen LogP contribution in [0, 0.1) is 0 Å². The second-order valence-corrected chi connectivity index (χ2v) is 4.22. The van der Waals surface area contributed by atoms with Crippen molar-refractivity contribution in [1.82, 2.24) is 0 Å². The maximum atomic E-state index is 5.48. The Kier molecular flexibility index (Phi) is 5.06. The van der Waals surface area contributed by atoms with Crippen LogP contribution in [0.25, 0.3) is 0 Å². The second-order valence-electron chi connectivity index (χ2n) is 4.22. The van der Waals surface area contributed by atoms with Crippen LogP contribution in [0.2, 0.25) is 0 Å². The van der Waals surface area contributed by atoms with Crippen molar-refractivity contribution in [2.24, 2.45) is 0 Å². The monoisotopic (exact) mass is 254 g/mol. The molecule has 0 amide bonds. The SMILES string of the molecule is COc1ccc(C/C=C/OCc2ccccc2)cc1. The molecule has 0 N–H and O–H groups in total. The van der Waals surface area contributed by atoms with Gasteiger partial charge in [-0.2, -0.15) is 0 Å². The summed E-state index contributed by atoms with van der Waals surface area (Å²) in [6.07, 6.45) is 4.64. The molecule has 98 valence electrons. The highest BCUT2D eigenvalue weighted by atomic mass is 16.5. The first-order valence-corrected chi connectivity index (χ1v) is 6.32. The molecule has 0 radical (unpaired) electrons. The quantitative estimate of drug-likeness (QED) is 0.726. The molecule has 19 heavy (non-hydrogen) atoms. The van der Waals surface area contributed by atoms with E-state index in [1.807, 2.05) is 36.4 Å². The maximum Gasteiger partial charge on any atom is 0.118 e. The zero-order chi connectivity index (χ0) is 13.3. The van der Waals surface area contributed by atoms with E-state index in [2.05, 4.69) is 24.3 Å². The van der Waals surface area contributed by atoms with E-state index < -0.39 is 0 Å². The molecule has 0 aliphatic heterocycles. The number of methoxy groups -OCH3 is 1. The van der Waals surface area contributed by atoms with Crippen LogP contribution in [0.1, 0.15) is 11.1 Å².